The molecule has 1 saturated carbocycles. The SMILES string of the molecule is CC1(C)OC2C[C@H](C[C@@H]2N)O1. The highest BCUT2D eigenvalue weighted by Gasteiger charge is 2.44. The first-order valence-electron chi connectivity index (χ1n) is 4.18. The first-order valence-corrected chi connectivity index (χ1v) is 4.18. The zero-order valence-electron chi connectivity index (χ0n) is 7.04. The molecular weight excluding hydrogens is 142 g/mol. The molecule has 3 heteroatoms. The zero-order chi connectivity index (χ0) is 8.06. The molecule has 2 N–H and O–H groups in total. The van der Waals surface area contributed by atoms with E-state index in [9.17, 15) is 0 Å². The summed E-state index contributed by atoms with van der Waals surface area (Å²) in [6, 6.07) is 0.182. The summed E-state index contributed by atoms with van der Waals surface area (Å²) in [6.07, 6.45) is 2.49. The van der Waals surface area contributed by atoms with E-state index in [0.717, 1.165) is 12.8 Å². The van der Waals surface area contributed by atoms with Crippen molar-refractivity contribution in [2.75, 3.05) is 0 Å². The van der Waals surface area contributed by atoms with Crippen molar-refractivity contribution in [3.63, 3.8) is 0 Å². The van der Waals surface area contributed by atoms with Crippen LogP contribution in [0.25, 0.3) is 0 Å². The fraction of sp³-hybridized carbons (Fsp3) is 1.00. The summed E-state index contributed by atoms with van der Waals surface area (Å²) in [6.45, 7) is 3.90. The minimum Gasteiger partial charge on any atom is -0.347 e. The van der Waals surface area contributed by atoms with E-state index in [4.69, 9.17) is 15.2 Å². The molecule has 3 atom stereocenters. The Morgan fingerprint density at radius 3 is 2.64 bits per heavy atom. The quantitative estimate of drug-likeness (QED) is 0.561. The van der Waals surface area contributed by atoms with Crippen molar-refractivity contribution >= 4 is 0 Å². The number of nitrogens with two attached hydrogens (primary N) is 1. The normalized spacial score (nSPS) is 47.7. The highest BCUT2D eigenvalue weighted by molar-refractivity contribution is 4.92. The Morgan fingerprint density at radius 1 is 1.27 bits per heavy atom. The predicted octanol–water partition coefficient (Wildman–Crippen LogP) is 0.628. The number of hydrogen-bond donors (Lipinski definition) is 1. The van der Waals surface area contributed by atoms with Gasteiger partial charge in [0.1, 0.15) is 0 Å². The van der Waals surface area contributed by atoms with Gasteiger partial charge in [-0.2, -0.15) is 0 Å². The monoisotopic (exact) mass is 157 g/mol. The summed E-state index contributed by atoms with van der Waals surface area (Å²) in [5, 5.41) is 0. The van der Waals surface area contributed by atoms with Gasteiger partial charge in [0.05, 0.1) is 12.2 Å². The average molecular weight is 157 g/mol. The maximum atomic E-state index is 5.84. The molecule has 3 nitrogen and oxygen atoms in total. The molecule has 0 aromatic carbocycles. The van der Waals surface area contributed by atoms with Gasteiger partial charge in [0.25, 0.3) is 0 Å². The maximum Gasteiger partial charge on any atom is 0.163 e. The van der Waals surface area contributed by atoms with Gasteiger partial charge in [-0.05, 0) is 20.3 Å². The van der Waals surface area contributed by atoms with Crippen molar-refractivity contribution < 1.29 is 9.47 Å². The average Bonchev–Trinajstić information content (AvgIpc) is 2.05. The van der Waals surface area contributed by atoms with Crippen LogP contribution in [-0.4, -0.2) is 24.0 Å². The van der Waals surface area contributed by atoms with Gasteiger partial charge in [-0.1, -0.05) is 0 Å². The lowest BCUT2D eigenvalue weighted by Crippen LogP contribution is -2.42. The lowest BCUT2D eigenvalue weighted by atomic mass is 10.2. The van der Waals surface area contributed by atoms with Crippen LogP contribution in [0.15, 0.2) is 0 Å². The van der Waals surface area contributed by atoms with Crippen molar-refractivity contribution in [1.82, 2.24) is 0 Å². The molecule has 0 aromatic rings. The molecule has 1 aliphatic carbocycles. The van der Waals surface area contributed by atoms with Crippen LogP contribution < -0.4 is 5.73 Å². The molecule has 0 aromatic heterocycles. The van der Waals surface area contributed by atoms with Crippen molar-refractivity contribution in [2.45, 2.75) is 50.7 Å². The second-order valence-corrected chi connectivity index (χ2v) is 3.93. The molecular formula is C8H15NO2. The smallest absolute Gasteiger partial charge is 0.163 e. The molecule has 2 aliphatic rings. The summed E-state index contributed by atoms with van der Waals surface area (Å²) < 4.78 is 11.3. The van der Waals surface area contributed by atoms with E-state index in [0.29, 0.717) is 6.10 Å². The molecule has 1 saturated heterocycles. The van der Waals surface area contributed by atoms with Gasteiger partial charge in [-0.15, -0.1) is 0 Å². The topological polar surface area (TPSA) is 44.5 Å². The number of rotatable bonds is 0. The molecule has 2 fully saturated rings. The maximum absolute atomic E-state index is 5.84. The van der Waals surface area contributed by atoms with E-state index < -0.39 is 5.79 Å². The molecule has 64 valence electrons. The van der Waals surface area contributed by atoms with Crippen LogP contribution in [0.2, 0.25) is 0 Å². The first-order chi connectivity index (χ1) is 5.07. The Hall–Kier alpha value is -0.120. The van der Waals surface area contributed by atoms with Crippen LogP contribution in [0.3, 0.4) is 0 Å². The number of ether oxygens (including phenoxy) is 2. The van der Waals surface area contributed by atoms with Crippen molar-refractivity contribution in [3.8, 4) is 0 Å². The largest absolute Gasteiger partial charge is 0.347 e. The highest BCUT2D eigenvalue weighted by atomic mass is 16.7. The minimum atomic E-state index is -0.415. The van der Waals surface area contributed by atoms with E-state index in [2.05, 4.69) is 0 Å². The lowest BCUT2D eigenvalue weighted by Gasteiger charge is -2.35. The van der Waals surface area contributed by atoms with Crippen LogP contribution in [0, 0.1) is 0 Å². The standard InChI is InChI=1S/C8H15NO2/c1-8(2)10-5-3-6(9)7(4-5)11-8/h5-7H,3-4,9H2,1-2H3/t5-,6-,7?/m0/s1. The third-order valence-electron chi connectivity index (χ3n) is 2.39. The minimum absolute atomic E-state index is 0.182. The van der Waals surface area contributed by atoms with Gasteiger partial charge in [0, 0.05) is 12.5 Å². The van der Waals surface area contributed by atoms with Crippen molar-refractivity contribution in [1.29, 1.82) is 0 Å². The van der Waals surface area contributed by atoms with Crippen molar-refractivity contribution in [3.05, 3.63) is 0 Å². The predicted molar refractivity (Wildman–Crippen MR) is 41.0 cm³/mol. The van der Waals surface area contributed by atoms with Gasteiger partial charge in [0.2, 0.25) is 0 Å². The number of hydrogen-bond acceptors (Lipinski definition) is 3. The van der Waals surface area contributed by atoms with E-state index in [1.165, 1.54) is 0 Å². The van der Waals surface area contributed by atoms with Gasteiger partial charge >= 0.3 is 0 Å². The zero-order valence-corrected chi connectivity index (χ0v) is 7.04. The molecule has 0 radical (unpaired) electrons. The van der Waals surface area contributed by atoms with Crippen LogP contribution >= 0.6 is 0 Å². The molecule has 11 heavy (non-hydrogen) atoms. The molecule has 0 spiro atoms. The van der Waals surface area contributed by atoms with E-state index >= 15 is 0 Å². The molecule has 1 unspecified atom stereocenters. The molecule has 1 aliphatic heterocycles. The highest BCUT2D eigenvalue weighted by Crippen LogP contribution is 2.35. The fourth-order valence-electron chi connectivity index (χ4n) is 2.01. The Bertz CT molecular complexity index is 167. The second-order valence-electron chi connectivity index (χ2n) is 3.93. The van der Waals surface area contributed by atoms with Gasteiger partial charge < -0.3 is 15.2 Å². The summed E-state index contributed by atoms with van der Waals surface area (Å²) in [7, 11) is 0. The Balaban J connectivity index is 2.12. The third-order valence-corrected chi connectivity index (χ3v) is 2.39. The Kier molecular flexibility index (Phi) is 1.50. The van der Waals surface area contributed by atoms with Crippen LogP contribution in [0.1, 0.15) is 26.7 Å². The molecule has 1 heterocycles. The summed E-state index contributed by atoms with van der Waals surface area (Å²) >= 11 is 0. The molecule has 0 amide bonds. The Labute approximate surface area is 66.8 Å². The first kappa shape index (κ1) is 7.53. The summed E-state index contributed by atoms with van der Waals surface area (Å²) in [5.41, 5.74) is 5.84. The van der Waals surface area contributed by atoms with Crippen molar-refractivity contribution in [2.24, 2.45) is 5.73 Å². The number of fused-ring (bicyclic) bond motifs is 2. The molecule has 2 bridgehead atoms. The summed E-state index contributed by atoms with van der Waals surface area (Å²) in [5.74, 6) is -0.415. The lowest BCUT2D eigenvalue weighted by molar-refractivity contribution is -0.280. The van der Waals surface area contributed by atoms with Crippen LogP contribution in [-0.2, 0) is 9.47 Å². The van der Waals surface area contributed by atoms with E-state index in [1.807, 2.05) is 13.8 Å². The summed E-state index contributed by atoms with van der Waals surface area (Å²) in [4.78, 5) is 0. The van der Waals surface area contributed by atoms with Crippen LogP contribution in [0.4, 0.5) is 0 Å². The van der Waals surface area contributed by atoms with E-state index in [1.54, 1.807) is 0 Å². The van der Waals surface area contributed by atoms with Gasteiger partial charge in [-0.3, -0.25) is 0 Å². The van der Waals surface area contributed by atoms with Gasteiger partial charge in [0.15, 0.2) is 5.79 Å². The van der Waals surface area contributed by atoms with Gasteiger partial charge in [-0.25, -0.2) is 0 Å². The second kappa shape index (κ2) is 2.19. The fourth-order valence-corrected chi connectivity index (χ4v) is 2.01. The third kappa shape index (κ3) is 1.28. The Morgan fingerprint density at radius 2 is 2.00 bits per heavy atom. The molecule has 2 rings (SSSR count). The van der Waals surface area contributed by atoms with E-state index in [-0.39, 0.29) is 12.1 Å². The van der Waals surface area contributed by atoms with Crippen LogP contribution in [0.5, 0.6) is 0 Å².